The molecule has 106 valence electrons. The van der Waals surface area contributed by atoms with Crippen molar-refractivity contribution in [2.45, 2.75) is 32.8 Å². The van der Waals surface area contributed by atoms with Gasteiger partial charge in [-0.05, 0) is 26.3 Å². The van der Waals surface area contributed by atoms with Crippen LogP contribution in [0.3, 0.4) is 0 Å². The lowest BCUT2D eigenvalue weighted by molar-refractivity contribution is -0.385. The highest BCUT2D eigenvalue weighted by atomic mass is 16.6. The number of nitrogens with one attached hydrogen (secondary N) is 1. The lowest BCUT2D eigenvalue weighted by atomic mass is 10.1. The van der Waals surface area contributed by atoms with Gasteiger partial charge in [-0.15, -0.1) is 0 Å². The molecule has 1 aromatic rings. The minimum atomic E-state index is -0.855. The molecule has 0 unspecified atom stereocenters. The summed E-state index contributed by atoms with van der Waals surface area (Å²) in [4.78, 5) is 10.4. The summed E-state index contributed by atoms with van der Waals surface area (Å²) in [6.07, 6.45) is 0.776. The van der Waals surface area contributed by atoms with Crippen molar-refractivity contribution < 1.29 is 14.8 Å². The number of nitrogens with zero attached hydrogens (tertiary/aromatic N) is 1. The first kappa shape index (κ1) is 15.2. The van der Waals surface area contributed by atoms with E-state index in [2.05, 4.69) is 5.32 Å². The molecule has 0 aliphatic heterocycles. The third-order valence-electron chi connectivity index (χ3n) is 2.34. The van der Waals surface area contributed by atoms with E-state index in [1.807, 2.05) is 6.92 Å². The van der Waals surface area contributed by atoms with E-state index in [0.717, 1.165) is 6.42 Å². The van der Waals surface area contributed by atoms with Gasteiger partial charge in [0.25, 0.3) is 0 Å². The fourth-order valence-electron chi connectivity index (χ4n) is 1.42. The molecule has 0 amide bonds. The second-order valence-electron chi connectivity index (χ2n) is 4.95. The van der Waals surface area contributed by atoms with Crippen LogP contribution in [0.5, 0.6) is 5.75 Å². The molecule has 0 radical (unpaired) electrons. The molecule has 0 fully saturated rings. The summed E-state index contributed by atoms with van der Waals surface area (Å²) >= 11 is 0. The average molecular weight is 268 g/mol. The maximum Gasteiger partial charge on any atom is 0.311 e. The molecule has 0 bridgehead atoms. The Hall–Kier alpha value is -1.82. The van der Waals surface area contributed by atoms with Crippen molar-refractivity contribution in [3.8, 4) is 5.75 Å². The molecule has 0 saturated carbocycles. The van der Waals surface area contributed by atoms with Gasteiger partial charge in [-0.25, -0.2) is 0 Å². The molecule has 1 rings (SSSR count). The molecule has 19 heavy (non-hydrogen) atoms. The van der Waals surface area contributed by atoms with E-state index < -0.39 is 10.5 Å². The quantitative estimate of drug-likeness (QED) is 0.586. The minimum absolute atomic E-state index is 0.0535. The van der Waals surface area contributed by atoms with E-state index in [0.29, 0.717) is 18.8 Å². The van der Waals surface area contributed by atoms with Crippen molar-refractivity contribution in [1.82, 2.24) is 0 Å². The number of ether oxygens (including phenoxy) is 1. The standard InChI is InChI=1S/C13H20N2O4/c1-4-7-19-12-8-10(14-9-13(2,3)16)5-6-11(12)15(17)18/h5-6,8,14,16H,4,7,9H2,1-3H3. The number of benzene rings is 1. The van der Waals surface area contributed by atoms with Gasteiger partial charge in [0.2, 0.25) is 0 Å². The van der Waals surface area contributed by atoms with E-state index in [1.54, 1.807) is 26.0 Å². The molecule has 6 nitrogen and oxygen atoms in total. The highest BCUT2D eigenvalue weighted by Gasteiger charge is 2.17. The van der Waals surface area contributed by atoms with Crippen LogP contribution in [0.15, 0.2) is 18.2 Å². The lowest BCUT2D eigenvalue weighted by Crippen LogP contribution is -2.29. The average Bonchev–Trinajstić information content (AvgIpc) is 2.32. The topological polar surface area (TPSA) is 84.6 Å². The highest BCUT2D eigenvalue weighted by Crippen LogP contribution is 2.30. The molecule has 0 aromatic heterocycles. The van der Waals surface area contributed by atoms with Gasteiger partial charge < -0.3 is 15.2 Å². The summed E-state index contributed by atoms with van der Waals surface area (Å²) in [6.45, 7) is 6.07. The zero-order chi connectivity index (χ0) is 14.5. The Morgan fingerprint density at radius 3 is 2.68 bits per heavy atom. The minimum Gasteiger partial charge on any atom is -0.487 e. The highest BCUT2D eigenvalue weighted by molar-refractivity contribution is 5.58. The fraction of sp³-hybridized carbons (Fsp3) is 0.538. The molecular weight excluding hydrogens is 248 g/mol. The van der Waals surface area contributed by atoms with Crippen LogP contribution in [0, 0.1) is 10.1 Å². The summed E-state index contributed by atoms with van der Waals surface area (Å²) in [6, 6.07) is 4.58. The van der Waals surface area contributed by atoms with Gasteiger partial charge in [0, 0.05) is 24.4 Å². The van der Waals surface area contributed by atoms with Crippen molar-refractivity contribution >= 4 is 11.4 Å². The SMILES string of the molecule is CCCOc1cc(NCC(C)(C)O)ccc1[N+](=O)[O-]. The lowest BCUT2D eigenvalue weighted by Gasteiger charge is -2.18. The molecule has 0 heterocycles. The van der Waals surface area contributed by atoms with Crippen LogP contribution >= 0.6 is 0 Å². The molecule has 0 atom stereocenters. The molecule has 0 aliphatic rings. The van der Waals surface area contributed by atoms with Gasteiger partial charge in [0.15, 0.2) is 5.75 Å². The number of nitro benzene ring substituents is 1. The van der Waals surface area contributed by atoms with E-state index in [-0.39, 0.29) is 11.4 Å². The maximum atomic E-state index is 10.9. The molecular formula is C13H20N2O4. The third kappa shape index (κ3) is 5.13. The Balaban J connectivity index is 2.88. The zero-order valence-electron chi connectivity index (χ0n) is 11.5. The predicted molar refractivity (Wildman–Crippen MR) is 73.7 cm³/mol. The molecule has 1 aromatic carbocycles. The molecule has 2 N–H and O–H groups in total. The number of anilines is 1. The molecule has 0 saturated heterocycles. The normalized spacial score (nSPS) is 11.2. The predicted octanol–water partition coefficient (Wildman–Crippen LogP) is 2.57. The Bertz CT molecular complexity index is 441. The first-order valence-corrected chi connectivity index (χ1v) is 6.21. The Kier molecular flexibility index (Phi) is 5.11. The number of hydrogen-bond acceptors (Lipinski definition) is 5. The monoisotopic (exact) mass is 268 g/mol. The number of rotatable bonds is 7. The number of nitro groups is 1. The van der Waals surface area contributed by atoms with Crippen LogP contribution in [0.2, 0.25) is 0 Å². The summed E-state index contributed by atoms with van der Waals surface area (Å²) in [5.74, 6) is 0.243. The van der Waals surface area contributed by atoms with E-state index in [1.165, 1.54) is 6.07 Å². The number of aliphatic hydroxyl groups is 1. The Labute approximate surface area is 112 Å². The largest absolute Gasteiger partial charge is 0.487 e. The second kappa shape index (κ2) is 6.38. The van der Waals surface area contributed by atoms with Gasteiger partial charge in [-0.3, -0.25) is 10.1 Å². The maximum absolute atomic E-state index is 10.9. The molecule has 0 aliphatic carbocycles. The van der Waals surface area contributed by atoms with E-state index >= 15 is 0 Å². The van der Waals surface area contributed by atoms with Crippen molar-refractivity contribution in [1.29, 1.82) is 0 Å². The van der Waals surface area contributed by atoms with Crippen LogP contribution < -0.4 is 10.1 Å². The van der Waals surface area contributed by atoms with Gasteiger partial charge in [-0.1, -0.05) is 6.92 Å². The smallest absolute Gasteiger partial charge is 0.311 e. The van der Waals surface area contributed by atoms with Gasteiger partial charge in [0.05, 0.1) is 17.1 Å². The van der Waals surface area contributed by atoms with Gasteiger partial charge in [-0.2, -0.15) is 0 Å². The van der Waals surface area contributed by atoms with Crippen LogP contribution in [-0.4, -0.2) is 28.8 Å². The van der Waals surface area contributed by atoms with Crippen LogP contribution in [-0.2, 0) is 0 Å². The Morgan fingerprint density at radius 1 is 1.47 bits per heavy atom. The van der Waals surface area contributed by atoms with Crippen LogP contribution in [0.1, 0.15) is 27.2 Å². The number of hydrogen-bond donors (Lipinski definition) is 2. The second-order valence-corrected chi connectivity index (χ2v) is 4.95. The van der Waals surface area contributed by atoms with Gasteiger partial charge >= 0.3 is 5.69 Å². The third-order valence-corrected chi connectivity index (χ3v) is 2.34. The van der Waals surface area contributed by atoms with E-state index in [4.69, 9.17) is 4.74 Å². The zero-order valence-corrected chi connectivity index (χ0v) is 11.5. The first-order valence-electron chi connectivity index (χ1n) is 6.21. The van der Waals surface area contributed by atoms with Gasteiger partial charge in [0.1, 0.15) is 0 Å². The summed E-state index contributed by atoms with van der Waals surface area (Å²) in [7, 11) is 0. The van der Waals surface area contributed by atoms with Crippen molar-refractivity contribution in [3.63, 3.8) is 0 Å². The van der Waals surface area contributed by atoms with E-state index in [9.17, 15) is 15.2 Å². The molecule has 0 spiro atoms. The first-order chi connectivity index (χ1) is 8.83. The molecule has 6 heteroatoms. The summed E-state index contributed by atoms with van der Waals surface area (Å²) in [5.41, 5.74) is -0.229. The summed E-state index contributed by atoms with van der Waals surface area (Å²) < 4.78 is 5.38. The van der Waals surface area contributed by atoms with Crippen LogP contribution in [0.4, 0.5) is 11.4 Å². The van der Waals surface area contributed by atoms with Crippen molar-refractivity contribution in [2.75, 3.05) is 18.5 Å². The summed E-state index contributed by atoms with van der Waals surface area (Å²) in [5, 5.41) is 23.5. The fourth-order valence-corrected chi connectivity index (χ4v) is 1.42. The van der Waals surface area contributed by atoms with Crippen molar-refractivity contribution in [2.24, 2.45) is 0 Å². The van der Waals surface area contributed by atoms with Crippen LogP contribution in [0.25, 0.3) is 0 Å². The Morgan fingerprint density at radius 2 is 2.16 bits per heavy atom. The van der Waals surface area contributed by atoms with Crippen molar-refractivity contribution in [3.05, 3.63) is 28.3 Å².